The molecule has 1 heterocycles. The second kappa shape index (κ2) is 6.69. The summed E-state index contributed by atoms with van der Waals surface area (Å²) in [6, 6.07) is 13.1. The van der Waals surface area contributed by atoms with Gasteiger partial charge in [-0.05, 0) is 36.7 Å². The molecule has 1 aromatic heterocycles. The summed E-state index contributed by atoms with van der Waals surface area (Å²) in [5.74, 6) is 0. The van der Waals surface area contributed by atoms with Crippen molar-refractivity contribution in [2.75, 3.05) is 14.1 Å². The molecular formula is C15H20N2S. The van der Waals surface area contributed by atoms with Gasteiger partial charge >= 0.3 is 0 Å². The van der Waals surface area contributed by atoms with Crippen LogP contribution in [0.1, 0.15) is 16.0 Å². The van der Waals surface area contributed by atoms with Crippen LogP contribution < -0.4 is 5.32 Å². The van der Waals surface area contributed by atoms with E-state index >= 15 is 0 Å². The van der Waals surface area contributed by atoms with Crippen molar-refractivity contribution < 1.29 is 0 Å². The van der Waals surface area contributed by atoms with Crippen LogP contribution >= 0.6 is 11.3 Å². The van der Waals surface area contributed by atoms with Crippen LogP contribution in [0.3, 0.4) is 0 Å². The number of hydrogen-bond donors (Lipinski definition) is 1. The molecule has 2 rings (SSSR count). The summed E-state index contributed by atoms with van der Waals surface area (Å²) in [6.45, 7) is 2.96. The molecule has 0 radical (unpaired) electrons. The first kappa shape index (κ1) is 13.3. The van der Waals surface area contributed by atoms with Crippen molar-refractivity contribution in [3.63, 3.8) is 0 Å². The van der Waals surface area contributed by atoms with Crippen LogP contribution in [0.4, 0.5) is 0 Å². The molecule has 0 amide bonds. The van der Waals surface area contributed by atoms with E-state index in [0.717, 1.165) is 19.6 Å². The fourth-order valence-corrected chi connectivity index (χ4v) is 2.79. The Hall–Kier alpha value is -1.16. The van der Waals surface area contributed by atoms with Gasteiger partial charge in [-0.3, -0.25) is 4.90 Å². The second-order valence-electron chi connectivity index (χ2n) is 4.60. The summed E-state index contributed by atoms with van der Waals surface area (Å²) >= 11 is 1.82. The van der Waals surface area contributed by atoms with E-state index in [4.69, 9.17) is 0 Å². The zero-order valence-corrected chi connectivity index (χ0v) is 11.8. The lowest BCUT2D eigenvalue weighted by Gasteiger charge is -2.16. The van der Waals surface area contributed by atoms with Gasteiger partial charge in [-0.15, -0.1) is 11.3 Å². The first-order chi connectivity index (χ1) is 8.78. The fourth-order valence-electron chi connectivity index (χ4n) is 2.00. The Morgan fingerprint density at radius 3 is 2.39 bits per heavy atom. The van der Waals surface area contributed by atoms with Crippen molar-refractivity contribution in [1.29, 1.82) is 0 Å². The van der Waals surface area contributed by atoms with Gasteiger partial charge in [0.05, 0.1) is 0 Å². The molecule has 2 nitrogen and oxygen atoms in total. The number of nitrogens with zero attached hydrogens (tertiary/aromatic N) is 1. The first-order valence-corrected chi connectivity index (χ1v) is 7.09. The number of nitrogens with one attached hydrogen (secondary N) is 1. The number of hydrogen-bond acceptors (Lipinski definition) is 3. The summed E-state index contributed by atoms with van der Waals surface area (Å²) in [5.41, 5.74) is 2.70. The molecule has 0 spiro atoms. The van der Waals surface area contributed by atoms with E-state index in [-0.39, 0.29) is 0 Å². The summed E-state index contributed by atoms with van der Waals surface area (Å²) < 4.78 is 0. The summed E-state index contributed by atoms with van der Waals surface area (Å²) in [6.07, 6.45) is 0. The molecule has 96 valence electrons. The Morgan fingerprint density at radius 2 is 1.78 bits per heavy atom. The molecule has 0 aliphatic rings. The molecule has 3 heteroatoms. The number of rotatable bonds is 6. The van der Waals surface area contributed by atoms with Gasteiger partial charge in [0.2, 0.25) is 0 Å². The van der Waals surface area contributed by atoms with E-state index in [9.17, 15) is 0 Å². The van der Waals surface area contributed by atoms with Gasteiger partial charge in [-0.2, -0.15) is 0 Å². The highest BCUT2D eigenvalue weighted by molar-refractivity contribution is 7.09. The Morgan fingerprint density at radius 1 is 1.06 bits per heavy atom. The molecule has 0 atom stereocenters. The van der Waals surface area contributed by atoms with Crippen LogP contribution in [0.2, 0.25) is 0 Å². The van der Waals surface area contributed by atoms with Gasteiger partial charge in [0.1, 0.15) is 0 Å². The first-order valence-electron chi connectivity index (χ1n) is 6.21. The highest BCUT2D eigenvalue weighted by atomic mass is 32.1. The van der Waals surface area contributed by atoms with Crippen molar-refractivity contribution >= 4 is 11.3 Å². The Balaban J connectivity index is 1.88. The van der Waals surface area contributed by atoms with Gasteiger partial charge in [0.25, 0.3) is 0 Å². The molecule has 18 heavy (non-hydrogen) atoms. The van der Waals surface area contributed by atoms with E-state index in [1.165, 1.54) is 16.0 Å². The summed E-state index contributed by atoms with van der Waals surface area (Å²) in [7, 11) is 4.14. The van der Waals surface area contributed by atoms with Gasteiger partial charge in [-0.1, -0.05) is 30.3 Å². The van der Waals surface area contributed by atoms with Crippen LogP contribution in [0.15, 0.2) is 41.8 Å². The van der Waals surface area contributed by atoms with E-state index in [1.54, 1.807) is 0 Å². The SMILES string of the molecule is CNCc1ccc(CN(C)Cc2cccs2)cc1. The standard InChI is InChI=1S/C15H20N2S/c1-16-10-13-5-7-14(8-6-13)11-17(2)12-15-4-3-9-18-15/h3-9,16H,10-12H2,1-2H3. The van der Waals surface area contributed by atoms with Crippen molar-refractivity contribution in [1.82, 2.24) is 10.2 Å². The van der Waals surface area contributed by atoms with Crippen LogP contribution in [0.25, 0.3) is 0 Å². The maximum atomic E-state index is 3.16. The highest BCUT2D eigenvalue weighted by Gasteiger charge is 2.02. The van der Waals surface area contributed by atoms with E-state index < -0.39 is 0 Å². The number of benzene rings is 1. The average Bonchev–Trinajstić information content (AvgIpc) is 2.84. The smallest absolute Gasteiger partial charge is 0.0328 e. The molecular weight excluding hydrogens is 240 g/mol. The zero-order chi connectivity index (χ0) is 12.8. The minimum atomic E-state index is 0.936. The zero-order valence-electron chi connectivity index (χ0n) is 11.0. The molecule has 2 aromatic rings. The molecule has 0 aliphatic carbocycles. The predicted octanol–water partition coefficient (Wildman–Crippen LogP) is 3.10. The normalized spacial score (nSPS) is 11.1. The lowest BCUT2D eigenvalue weighted by molar-refractivity contribution is 0.322. The van der Waals surface area contributed by atoms with Crippen LogP contribution in [0, 0.1) is 0 Å². The summed E-state index contributed by atoms with van der Waals surface area (Å²) in [4.78, 5) is 3.77. The Kier molecular flexibility index (Phi) is 4.93. The monoisotopic (exact) mass is 260 g/mol. The van der Waals surface area contributed by atoms with Crippen molar-refractivity contribution in [3.8, 4) is 0 Å². The van der Waals surface area contributed by atoms with Crippen molar-refractivity contribution in [2.45, 2.75) is 19.6 Å². The Labute approximate surface area is 113 Å². The second-order valence-corrected chi connectivity index (χ2v) is 5.63. The maximum absolute atomic E-state index is 3.16. The molecule has 0 aliphatic heterocycles. The van der Waals surface area contributed by atoms with Crippen molar-refractivity contribution in [2.24, 2.45) is 0 Å². The minimum absolute atomic E-state index is 0.936. The fraction of sp³-hybridized carbons (Fsp3) is 0.333. The van der Waals surface area contributed by atoms with Crippen LogP contribution in [-0.4, -0.2) is 19.0 Å². The lowest BCUT2D eigenvalue weighted by atomic mass is 10.1. The quantitative estimate of drug-likeness (QED) is 0.858. The maximum Gasteiger partial charge on any atom is 0.0328 e. The van der Waals surface area contributed by atoms with Gasteiger partial charge < -0.3 is 5.32 Å². The van der Waals surface area contributed by atoms with E-state index in [1.807, 2.05) is 18.4 Å². The third-order valence-electron chi connectivity index (χ3n) is 2.86. The molecule has 1 aromatic carbocycles. The van der Waals surface area contributed by atoms with Crippen molar-refractivity contribution in [3.05, 3.63) is 57.8 Å². The molecule has 0 fully saturated rings. The molecule has 0 bridgehead atoms. The largest absolute Gasteiger partial charge is 0.316 e. The van der Waals surface area contributed by atoms with Crippen LogP contribution in [0.5, 0.6) is 0 Å². The highest BCUT2D eigenvalue weighted by Crippen LogP contribution is 2.13. The third kappa shape index (κ3) is 3.95. The average molecular weight is 260 g/mol. The molecule has 0 unspecified atom stereocenters. The van der Waals surface area contributed by atoms with Gasteiger partial charge in [0, 0.05) is 24.5 Å². The van der Waals surface area contributed by atoms with E-state index in [0.29, 0.717) is 0 Å². The molecule has 0 saturated heterocycles. The predicted molar refractivity (Wildman–Crippen MR) is 78.7 cm³/mol. The summed E-state index contributed by atoms with van der Waals surface area (Å²) in [5, 5.41) is 5.30. The van der Waals surface area contributed by atoms with Gasteiger partial charge in [0.15, 0.2) is 0 Å². The minimum Gasteiger partial charge on any atom is -0.316 e. The third-order valence-corrected chi connectivity index (χ3v) is 3.72. The van der Waals surface area contributed by atoms with Crippen LogP contribution in [-0.2, 0) is 19.6 Å². The Bertz CT molecular complexity index is 448. The van der Waals surface area contributed by atoms with Gasteiger partial charge in [-0.25, -0.2) is 0 Å². The lowest BCUT2D eigenvalue weighted by Crippen LogP contribution is -2.16. The topological polar surface area (TPSA) is 15.3 Å². The molecule has 1 N–H and O–H groups in total. The number of thiophene rings is 1. The van der Waals surface area contributed by atoms with E-state index in [2.05, 4.69) is 59.0 Å². The molecule has 0 saturated carbocycles.